The van der Waals surface area contributed by atoms with E-state index in [-0.39, 0.29) is 0 Å². The molecule has 1 aromatic carbocycles. The highest BCUT2D eigenvalue weighted by Crippen LogP contribution is 2.24. The second-order valence-electron chi connectivity index (χ2n) is 6.12. The molecule has 0 aliphatic carbocycles. The quantitative estimate of drug-likeness (QED) is 0.681. The number of carbonyl (C=O) groups is 1. The molecule has 1 amide bonds. The molecule has 0 bridgehead atoms. The summed E-state index contributed by atoms with van der Waals surface area (Å²) >= 11 is 4.86. The van der Waals surface area contributed by atoms with Crippen molar-refractivity contribution >= 4 is 53.4 Å². The van der Waals surface area contributed by atoms with Gasteiger partial charge in [-0.05, 0) is 31.0 Å². The van der Waals surface area contributed by atoms with Crippen molar-refractivity contribution in [2.24, 2.45) is 4.99 Å². The maximum atomic E-state index is 12.7. The fourth-order valence-corrected chi connectivity index (χ4v) is 5.82. The van der Waals surface area contributed by atoms with Crippen molar-refractivity contribution in [3.05, 3.63) is 27.5 Å². The van der Waals surface area contributed by atoms with Crippen molar-refractivity contribution < 1.29 is 17.9 Å². The van der Waals surface area contributed by atoms with E-state index in [9.17, 15) is 13.2 Å². The predicted octanol–water partition coefficient (Wildman–Crippen LogP) is 1.96. The molecule has 1 fully saturated rings. The zero-order valence-electron chi connectivity index (χ0n) is 14.5. The van der Waals surface area contributed by atoms with Crippen molar-refractivity contribution in [3.8, 4) is 0 Å². The Morgan fingerprint density at radius 3 is 2.92 bits per heavy atom. The molecule has 1 aliphatic heterocycles. The number of thiazole rings is 1. The molecule has 1 saturated heterocycles. The van der Waals surface area contributed by atoms with Gasteiger partial charge in [0.25, 0.3) is 5.91 Å². The number of hydrogen-bond donors (Lipinski definition) is 0. The van der Waals surface area contributed by atoms with Gasteiger partial charge in [0.05, 0.1) is 23.1 Å². The van der Waals surface area contributed by atoms with Crippen LogP contribution in [0.2, 0.25) is 0 Å². The van der Waals surface area contributed by atoms with Crippen LogP contribution in [0.15, 0.2) is 27.7 Å². The first-order valence-corrected chi connectivity index (χ1v) is 11.6. The Morgan fingerprint density at radius 1 is 1.46 bits per heavy atom. The molecular weight excluding hydrogens is 442 g/mol. The van der Waals surface area contributed by atoms with Gasteiger partial charge in [-0.15, -0.1) is 0 Å². The minimum atomic E-state index is -3.42. The summed E-state index contributed by atoms with van der Waals surface area (Å²) in [7, 11) is -1.80. The molecule has 1 aromatic heterocycles. The van der Waals surface area contributed by atoms with Crippen LogP contribution in [-0.4, -0.2) is 55.8 Å². The van der Waals surface area contributed by atoms with E-state index in [0.717, 1.165) is 20.9 Å². The minimum Gasteiger partial charge on any atom is -0.383 e. The Morgan fingerprint density at radius 2 is 2.23 bits per heavy atom. The Balaban J connectivity index is 2.04. The summed E-state index contributed by atoms with van der Waals surface area (Å²) in [6.07, 6.45) is 2.31. The summed E-state index contributed by atoms with van der Waals surface area (Å²) in [5, 5.41) is 0. The Hall–Kier alpha value is -1.07. The van der Waals surface area contributed by atoms with E-state index in [1.807, 2.05) is 22.8 Å². The summed E-state index contributed by atoms with van der Waals surface area (Å²) in [6, 6.07) is 5.17. The molecule has 142 valence electrons. The normalized spacial score (nSPS) is 19.5. The maximum absolute atomic E-state index is 12.7. The zero-order chi connectivity index (χ0) is 18.9. The van der Waals surface area contributed by atoms with Crippen LogP contribution < -0.4 is 4.80 Å². The molecule has 1 aliphatic rings. The minimum absolute atomic E-state index is 0.369. The summed E-state index contributed by atoms with van der Waals surface area (Å²) in [6.45, 7) is 1.42. The molecule has 3 rings (SSSR count). The first-order chi connectivity index (χ1) is 12.3. The van der Waals surface area contributed by atoms with Gasteiger partial charge in [0.15, 0.2) is 4.80 Å². The number of fused-ring (bicyclic) bond motifs is 1. The number of hydrogen-bond acceptors (Lipinski definition) is 5. The lowest BCUT2D eigenvalue weighted by molar-refractivity contribution is -0.121. The smallest absolute Gasteiger partial charge is 0.266 e. The molecular formula is C16H20BrN3O4S2. The van der Waals surface area contributed by atoms with Crippen LogP contribution >= 0.6 is 27.3 Å². The number of halogens is 1. The lowest BCUT2D eigenvalue weighted by Crippen LogP contribution is -2.40. The third kappa shape index (κ3) is 4.09. The van der Waals surface area contributed by atoms with Gasteiger partial charge in [-0.3, -0.25) is 4.79 Å². The molecule has 1 unspecified atom stereocenters. The number of benzene rings is 1. The second kappa shape index (κ2) is 7.89. The average molecular weight is 462 g/mol. The molecule has 7 nitrogen and oxygen atoms in total. The zero-order valence-corrected chi connectivity index (χ0v) is 17.7. The fraction of sp³-hybridized carbons (Fsp3) is 0.500. The third-order valence-electron chi connectivity index (χ3n) is 4.28. The van der Waals surface area contributed by atoms with Crippen molar-refractivity contribution in [2.75, 3.05) is 26.5 Å². The highest BCUT2D eigenvalue weighted by atomic mass is 79.9. The molecule has 2 aromatic rings. The van der Waals surface area contributed by atoms with Gasteiger partial charge in [-0.2, -0.15) is 9.30 Å². The van der Waals surface area contributed by atoms with Crippen LogP contribution in [0.1, 0.15) is 12.8 Å². The molecule has 0 N–H and O–H groups in total. The Kier molecular flexibility index (Phi) is 5.97. The number of rotatable bonds is 5. The van der Waals surface area contributed by atoms with E-state index in [4.69, 9.17) is 4.74 Å². The van der Waals surface area contributed by atoms with Crippen LogP contribution in [0.5, 0.6) is 0 Å². The lowest BCUT2D eigenvalue weighted by atomic mass is 10.2. The number of amides is 1. The van der Waals surface area contributed by atoms with Crippen molar-refractivity contribution in [3.63, 3.8) is 0 Å². The standard InChI is InChI=1S/C16H20BrN3O4S2/c1-24-9-8-19-12-6-5-11(17)10-14(12)25-16(19)18-15(21)13-4-3-7-20(13)26(2,22)23/h5-6,10,13H,3-4,7-9H2,1-2H3. The summed E-state index contributed by atoms with van der Waals surface area (Å²) in [5.41, 5.74) is 0.966. The fourth-order valence-electron chi connectivity index (χ4n) is 3.08. The van der Waals surface area contributed by atoms with Crippen LogP contribution in [0.4, 0.5) is 0 Å². The molecule has 2 heterocycles. The molecule has 0 saturated carbocycles. The highest BCUT2D eigenvalue weighted by Gasteiger charge is 2.36. The van der Waals surface area contributed by atoms with Crippen molar-refractivity contribution in [2.45, 2.75) is 25.4 Å². The first-order valence-electron chi connectivity index (χ1n) is 8.14. The summed E-state index contributed by atoms with van der Waals surface area (Å²) < 4.78 is 34.1. The third-order valence-corrected chi connectivity index (χ3v) is 7.11. The van der Waals surface area contributed by atoms with E-state index in [2.05, 4.69) is 20.9 Å². The maximum Gasteiger partial charge on any atom is 0.266 e. The molecule has 10 heteroatoms. The number of methoxy groups -OCH3 is 1. The van der Waals surface area contributed by atoms with Crippen LogP contribution in [0.3, 0.4) is 0 Å². The SMILES string of the molecule is COCCn1c(=NC(=O)C2CCCN2S(C)(=O)=O)sc2cc(Br)ccc21. The van der Waals surface area contributed by atoms with Crippen molar-refractivity contribution in [1.82, 2.24) is 8.87 Å². The number of nitrogens with zero attached hydrogens (tertiary/aromatic N) is 3. The number of carbonyl (C=O) groups excluding carboxylic acids is 1. The average Bonchev–Trinajstić information content (AvgIpc) is 3.17. The van der Waals surface area contributed by atoms with E-state index in [1.54, 1.807) is 7.11 Å². The summed E-state index contributed by atoms with van der Waals surface area (Å²) in [4.78, 5) is 17.6. The van der Waals surface area contributed by atoms with Gasteiger partial charge >= 0.3 is 0 Å². The van der Waals surface area contributed by atoms with E-state index in [1.165, 1.54) is 15.6 Å². The monoisotopic (exact) mass is 461 g/mol. The van der Waals surface area contributed by atoms with E-state index in [0.29, 0.717) is 37.3 Å². The molecule has 1 atom stereocenters. The molecule has 26 heavy (non-hydrogen) atoms. The number of sulfonamides is 1. The number of ether oxygens (including phenoxy) is 1. The van der Waals surface area contributed by atoms with Crippen LogP contribution in [0, 0.1) is 0 Å². The van der Waals surface area contributed by atoms with Gasteiger partial charge in [-0.25, -0.2) is 8.42 Å². The number of aromatic nitrogens is 1. The van der Waals surface area contributed by atoms with Gasteiger partial charge in [-0.1, -0.05) is 27.3 Å². The predicted molar refractivity (Wildman–Crippen MR) is 105 cm³/mol. The largest absolute Gasteiger partial charge is 0.383 e. The first kappa shape index (κ1) is 19.7. The van der Waals surface area contributed by atoms with E-state index >= 15 is 0 Å². The van der Waals surface area contributed by atoms with Crippen LogP contribution in [-0.2, 0) is 26.1 Å². The Bertz CT molecular complexity index is 997. The van der Waals surface area contributed by atoms with E-state index < -0.39 is 22.0 Å². The lowest BCUT2D eigenvalue weighted by Gasteiger charge is -2.18. The van der Waals surface area contributed by atoms with Crippen LogP contribution in [0.25, 0.3) is 10.2 Å². The molecule has 0 spiro atoms. The Labute approximate surface area is 164 Å². The second-order valence-corrected chi connectivity index (χ2v) is 9.98. The van der Waals surface area contributed by atoms with Gasteiger partial charge < -0.3 is 9.30 Å². The van der Waals surface area contributed by atoms with Gasteiger partial charge in [0.1, 0.15) is 6.04 Å². The topological polar surface area (TPSA) is 81.0 Å². The van der Waals surface area contributed by atoms with Gasteiger partial charge in [0.2, 0.25) is 10.0 Å². The highest BCUT2D eigenvalue weighted by molar-refractivity contribution is 9.10. The van der Waals surface area contributed by atoms with Gasteiger partial charge in [0, 0.05) is 24.7 Å². The van der Waals surface area contributed by atoms with Crippen molar-refractivity contribution in [1.29, 1.82) is 0 Å². The molecule has 0 radical (unpaired) electrons. The summed E-state index contributed by atoms with van der Waals surface area (Å²) in [5.74, 6) is -0.412.